The third-order valence-electron chi connectivity index (χ3n) is 2.83. The Morgan fingerprint density at radius 3 is 2.75 bits per heavy atom. The van der Waals surface area contributed by atoms with Crippen molar-refractivity contribution in [3.63, 3.8) is 0 Å². The fourth-order valence-corrected chi connectivity index (χ4v) is 1.71. The van der Waals surface area contributed by atoms with E-state index in [9.17, 15) is 4.79 Å². The van der Waals surface area contributed by atoms with Crippen molar-refractivity contribution in [2.24, 2.45) is 0 Å². The number of carbonyl (C=O) groups is 1. The maximum atomic E-state index is 11.8. The molecule has 0 aliphatic heterocycles. The number of nitrogens with one attached hydrogen (secondary N) is 1. The van der Waals surface area contributed by atoms with Gasteiger partial charge in [0.05, 0.1) is 30.8 Å². The lowest BCUT2D eigenvalue weighted by Crippen LogP contribution is -2.24. The van der Waals surface area contributed by atoms with E-state index >= 15 is 0 Å². The van der Waals surface area contributed by atoms with Crippen LogP contribution >= 0.6 is 0 Å². The first-order chi connectivity index (χ1) is 9.71. The number of hydrogen-bond donors (Lipinski definition) is 1. The number of aryl methyl sites for hydroxylation is 1. The molecule has 1 aromatic heterocycles. The molecule has 20 heavy (non-hydrogen) atoms. The van der Waals surface area contributed by atoms with E-state index in [0.29, 0.717) is 11.5 Å². The van der Waals surface area contributed by atoms with Crippen molar-refractivity contribution in [1.29, 1.82) is 5.26 Å². The van der Waals surface area contributed by atoms with Crippen LogP contribution in [0, 0.1) is 11.3 Å². The minimum absolute atomic E-state index is 0.106. The van der Waals surface area contributed by atoms with Gasteiger partial charge in [0.2, 0.25) is 11.8 Å². The standard InChI is InChI=1S/C15H15N3O2/c1-2-13-9-18-15(20-13)10-17-14(19)7-11-3-5-12(8-16)6-4-11/h3-6,9H,2,7,10H2,1H3,(H,17,19). The Bertz CT molecular complexity index is 623. The van der Waals surface area contributed by atoms with Crippen LogP contribution in [0.2, 0.25) is 0 Å². The predicted molar refractivity (Wildman–Crippen MR) is 72.6 cm³/mol. The number of amides is 1. The fourth-order valence-electron chi connectivity index (χ4n) is 1.71. The van der Waals surface area contributed by atoms with E-state index in [1.54, 1.807) is 30.5 Å². The minimum Gasteiger partial charge on any atom is -0.444 e. The maximum Gasteiger partial charge on any atom is 0.224 e. The van der Waals surface area contributed by atoms with E-state index in [1.165, 1.54) is 0 Å². The second kappa shape index (κ2) is 6.53. The Balaban J connectivity index is 1.84. The highest BCUT2D eigenvalue weighted by Crippen LogP contribution is 2.05. The molecule has 5 heteroatoms. The molecule has 0 bridgehead atoms. The van der Waals surface area contributed by atoms with E-state index in [-0.39, 0.29) is 18.9 Å². The van der Waals surface area contributed by atoms with Gasteiger partial charge in [-0.05, 0) is 17.7 Å². The molecule has 0 spiro atoms. The van der Waals surface area contributed by atoms with Gasteiger partial charge in [0.25, 0.3) is 0 Å². The smallest absolute Gasteiger partial charge is 0.224 e. The van der Waals surface area contributed by atoms with E-state index in [1.807, 2.05) is 13.0 Å². The fraction of sp³-hybridized carbons (Fsp3) is 0.267. The summed E-state index contributed by atoms with van der Waals surface area (Å²) >= 11 is 0. The lowest BCUT2D eigenvalue weighted by atomic mass is 10.1. The topological polar surface area (TPSA) is 78.9 Å². The van der Waals surface area contributed by atoms with E-state index in [4.69, 9.17) is 9.68 Å². The predicted octanol–water partition coefficient (Wildman–Crippen LogP) is 1.97. The van der Waals surface area contributed by atoms with Gasteiger partial charge in [-0.25, -0.2) is 4.98 Å². The van der Waals surface area contributed by atoms with Crippen molar-refractivity contribution < 1.29 is 9.21 Å². The Labute approximate surface area is 117 Å². The summed E-state index contributed by atoms with van der Waals surface area (Å²) in [5.41, 5.74) is 1.45. The molecular weight excluding hydrogens is 254 g/mol. The Morgan fingerprint density at radius 2 is 2.15 bits per heavy atom. The summed E-state index contributed by atoms with van der Waals surface area (Å²) in [5, 5.41) is 11.4. The van der Waals surface area contributed by atoms with Gasteiger partial charge >= 0.3 is 0 Å². The van der Waals surface area contributed by atoms with Gasteiger partial charge in [-0.15, -0.1) is 0 Å². The number of oxazole rings is 1. The summed E-state index contributed by atoms with van der Waals surface area (Å²) in [6.45, 7) is 2.27. The summed E-state index contributed by atoms with van der Waals surface area (Å²) in [5.74, 6) is 1.21. The zero-order chi connectivity index (χ0) is 14.4. The summed E-state index contributed by atoms with van der Waals surface area (Å²) in [4.78, 5) is 15.8. The molecule has 0 aliphatic rings. The van der Waals surface area contributed by atoms with Gasteiger partial charge in [0.1, 0.15) is 5.76 Å². The summed E-state index contributed by atoms with van der Waals surface area (Å²) < 4.78 is 5.40. The van der Waals surface area contributed by atoms with Gasteiger partial charge in [0, 0.05) is 6.42 Å². The zero-order valence-electron chi connectivity index (χ0n) is 11.2. The Kier molecular flexibility index (Phi) is 4.51. The second-order valence-corrected chi connectivity index (χ2v) is 4.34. The number of benzene rings is 1. The normalized spacial score (nSPS) is 10.0. The van der Waals surface area contributed by atoms with Crippen LogP contribution in [0.15, 0.2) is 34.9 Å². The molecule has 0 atom stereocenters. The van der Waals surface area contributed by atoms with Crippen LogP contribution in [0.4, 0.5) is 0 Å². The Hall–Kier alpha value is -2.61. The first-order valence-electron chi connectivity index (χ1n) is 6.40. The molecule has 1 heterocycles. The average molecular weight is 269 g/mol. The lowest BCUT2D eigenvalue weighted by molar-refractivity contribution is -0.120. The summed E-state index contributed by atoms with van der Waals surface area (Å²) in [6.07, 6.45) is 2.72. The van der Waals surface area contributed by atoms with E-state index in [2.05, 4.69) is 10.3 Å². The number of carbonyl (C=O) groups excluding carboxylic acids is 1. The highest BCUT2D eigenvalue weighted by Gasteiger charge is 2.06. The SMILES string of the molecule is CCc1cnc(CNC(=O)Cc2ccc(C#N)cc2)o1. The molecule has 0 aliphatic carbocycles. The van der Waals surface area contributed by atoms with Crippen LogP contribution in [-0.2, 0) is 24.2 Å². The molecule has 1 aromatic carbocycles. The van der Waals surface area contributed by atoms with Crippen molar-refractivity contribution in [1.82, 2.24) is 10.3 Å². The second-order valence-electron chi connectivity index (χ2n) is 4.34. The molecular formula is C15H15N3O2. The van der Waals surface area contributed by atoms with Gasteiger partial charge < -0.3 is 9.73 Å². The molecule has 0 unspecified atom stereocenters. The van der Waals surface area contributed by atoms with Gasteiger partial charge in [-0.1, -0.05) is 19.1 Å². The number of nitrogens with zero attached hydrogens (tertiary/aromatic N) is 2. The quantitative estimate of drug-likeness (QED) is 0.900. The Morgan fingerprint density at radius 1 is 1.40 bits per heavy atom. The van der Waals surface area contributed by atoms with Gasteiger partial charge in [-0.3, -0.25) is 4.79 Å². The molecule has 0 radical (unpaired) electrons. The molecule has 0 saturated heterocycles. The molecule has 2 aromatic rings. The number of aromatic nitrogens is 1. The van der Waals surface area contributed by atoms with Gasteiger partial charge in [-0.2, -0.15) is 5.26 Å². The van der Waals surface area contributed by atoms with Crippen molar-refractivity contribution in [2.45, 2.75) is 26.3 Å². The van der Waals surface area contributed by atoms with Crippen molar-refractivity contribution in [2.75, 3.05) is 0 Å². The molecule has 0 fully saturated rings. The molecule has 1 N–H and O–H groups in total. The summed E-state index contributed by atoms with van der Waals surface area (Å²) in [6, 6.07) is 8.99. The van der Waals surface area contributed by atoms with Crippen molar-refractivity contribution in [3.05, 3.63) is 53.2 Å². The number of nitriles is 1. The number of rotatable bonds is 5. The molecule has 0 saturated carbocycles. The van der Waals surface area contributed by atoms with Crippen molar-refractivity contribution >= 4 is 5.91 Å². The first-order valence-corrected chi connectivity index (χ1v) is 6.40. The van der Waals surface area contributed by atoms with Crippen LogP contribution < -0.4 is 5.32 Å². The highest BCUT2D eigenvalue weighted by molar-refractivity contribution is 5.78. The van der Waals surface area contributed by atoms with Crippen LogP contribution in [0.1, 0.15) is 29.7 Å². The summed E-state index contributed by atoms with van der Waals surface area (Å²) in [7, 11) is 0. The maximum absolute atomic E-state index is 11.8. The lowest BCUT2D eigenvalue weighted by Gasteiger charge is -2.03. The average Bonchev–Trinajstić information content (AvgIpc) is 2.94. The van der Waals surface area contributed by atoms with E-state index < -0.39 is 0 Å². The number of hydrogen-bond acceptors (Lipinski definition) is 4. The van der Waals surface area contributed by atoms with E-state index in [0.717, 1.165) is 17.7 Å². The van der Waals surface area contributed by atoms with Crippen LogP contribution in [0.3, 0.4) is 0 Å². The monoisotopic (exact) mass is 269 g/mol. The zero-order valence-corrected chi connectivity index (χ0v) is 11.2. The third kappa shape index (κ3) is 3.69. The molecule has 5 nitrogen and oxygen atoms in total. The van der Waals surface area contributed by atoms with Crippen LogP contribution in [0.25, 0.3) is 0 Å². The van der Waals surface area contributed by atoms with Gasteiger partial charge in [0.15, 0.2) is 0 Å². The molecule has 2 rings (SSSR count). The molecule has 102 valence electrons. The van der Waals surface area contributed by atoms with Crippen LogP contribution in [0.5, 0.6) is 0 Å². The van der Waals surface area contributed by atoms with Crippen LogP contribution in [-0.4, -0.2) is 10.9 Å². The molecule has 1 amide bonds. The van der Waals surface area contributed by atoms with Crippen molar-refractivity contribution in [3.8, 4) is 6.07 Å². The highest BCUT2D eigenvalue weighted by atomic mass is 16.4. The minimum atomic E-state index is -0.106. The largest absolute Gasteiger partial charge is 0.444 e. The third-order valence-corrected chi connectivity index (χ3v) is 2.83. The first kappa shape index (κ1) is 13.8.